The molecule has 0 bridgehead atoms. The summed E-state index contributed by atoms with van der Waals surface area (Å²) < 4.78 is 5.19. The van der Waals surface area contributed by atoms with Gasteiger partial charge in [0, 0.05) is 51.3 Å². The number of hydrogen-bond acceptors (Lipinski definition) is 6. The van der Waals surface area contributed by atoms with Crippen LogP contribution in [0.5, 0.6) is 0 Å². The van der Waals surface area contributed by atoms with Gasteiger partial charge in [0.1, 0.15) is 0 Å². The number of pyridine rings is 2. The van der Waals surface area contributed by atoms with E-state index in [0.717, 1.165) is 11.3 Å². The van der Waals surface area contributed by atoms with Gasteiger partial charge in [-0.05, 0) is 29.8 Å². The number of anilines is 1. The Morgan fingerprint density at radius 3 is 2.62 bits per heavy atom. The van der Waals surface area contributed by atoms with Gasteiger partial charge >= 0.3 is 0 Å². The average Bonchev–Trinajstić information content (AvgIpc) is 3.33. The maximum Gasteiger partial charge on any atom is 0.289 e. The van der Waals surface area contributed by atoms with Crippen LogP contribution < -0.4 is 10.2 Å². The molecule has 0 atom stereocenters. The van der Waals surface area contributed by atoms with Crippen LogP contribution in [0.4, 0.5) is 5.69 Å². The highest BCUT2D eigenvalue weighted by atomic mass is 16.3. The van der Waals surface area contributed by atoms with E-state index in [0.29, 0.717) is 44.0 Å². The van der Waals surface area contributed by atoms with Crippen molar-refractivity contribution in [3.05, 3.63) is 78.3 Å². The number of nitrogens with one attached hydrogen (secondary N) is 1. The predicted molar refractivity (Wildman–Crippen MR) is 106 cm³/mol. The predicted octanol–water partition coefficient (Wildman–Crippen LogP) is 1.96. The number of hydrogen-bond donors (Lipinski definition) is 1. The zero-order valence-electron chi connectivity index (χ0n) is 15.8. The fourth-order valence-electron chi connectivity index (χ4n) is 3.24. The fourth-order valence-corrected chi connectivity index (χ4v) is 3.24. The molecule has 4 heterocycles. The van der Waals surface area contributed by atoms with E-state index in [4.69, 9.17) is 4.42 Å². The molecule has 0 aromatic carbocycles. The Morgan fingerprint density at radius 2 is 1.90 bits per heavy atom. The summed E-state index contributed by atoms with van der Waals surface area (Å²) in [7, 11) is 0. The van der Waals surface area contributed by atoms with Crippen LogP contribution in [-0.2, 0) is 6.54 Å². The topological polar surface area (TPSA) is 91.6 Å². The number of rotatable bonds is 5. The maximum atomic E-state index is 12.5. The van der Waals surface area contributed by atoms with Crippen molar-refractivity contribution < 1.29 is 14.0 Å². The fraction of sp³-hybridized carbons (Fsp3) is 0.238. The van der Waals surface area contributed by atoms with Gasteiger partial charge < -0.3 is 19.5 Å². The van der Waals surface area contributed by atoms with Gasteiger partial charge in [-0.2, -0.15) is 0 Å². The molecule has 0 aliphatic carbocycles. The third-order valence-electron chi connectivity index (χ3n) is 4.83. The van der Waals surface area contributed by atoms with E-state index in [-0.39, 0.29) is 11.8 Å². The molecule has 0 spiro atoms. The molecular formula is C21H21N5O3. The van der Waals surface area contributed by atoms with Gasteiger partial charge in [0.15, 0.2) is 5.76 Å². The summed E-state index contributed by atoms with van der Waals surface area (Å²) in [4.78, 5) is 37.0. The molecule has 148 valence electrons. The molecule has 0 unspecified atom stereocenters. The number of furan rings is 1. The van der Waals surface area contributed by atoms with Crippen molar-refractivity contribution in [1.29, 1.82) is 0 Å². The summed E-state index contributed by atoms with van der Waals surface area (Å²) in [6.07, 6.45) is 8.21. The standard InChI is InChI=1S/C21H21N5O3/c27-20(24-13-16-3-1-5-22-12-16)17-11-18(15-23-14-17)25-6-8-26(9-7-25)21(28)19-4-2-10-29-19/h1-5,10-12,14-15H,6-9,13H2,(H,24,27). The largest absolute Gasteiger partial charge is 0.459 e. The molecule has 29 heavy (non-hydrogen) atoms. The molecule has 3 aromatic rings. The van der Waals surface area contributed by atoms with E-state index in [9.17, 15) is 9.59 Å². The maximum absolute atomic E-state index is 12.5. The molecule has 1 aliphatic rings. The first-order valence-corrected chi connectivity index (χ1v) is 9.40. The normalized spacial score (nSPS) is 13.9. The summed E-state index contributed by atoms with van der Waals surface area (Å²) in [6.45, 7) is 2.89. The molecule has 1 aliphatic heterocycles. The summed E-state index contributed by atoms with van der Waals surface area (Å²) in [6, 6.07) is 8.95. The Hall–Kier alpha value is -3.68. The van der Waals surface area contributed by atoms with E-state index >= 15 is 0 Å². The van der Waals surface area contributed by atoms with Crippen LogP contribution in [0.25, 0.3) is 0 Å². The Balaban J connectivity index is 1.35. The summed E-state index contributed by atoms with van der Waals surface area (Å²) in [5.41, 5.74) is 2.30. The van der Waals surface area contributed by atoms with Gasteiger partial charge in [-0.25, -0.2) is 0 Å². The van der Waals surface area contributed by atoms with Gasteiger partial charge in [0.25, 0.3) is 11.8 Å². The Morgan fingerprint density at radius 1 is 1.03 bits per heavy atom. The lowest BCUT2D eigenvalue weighted by Gasteiger charge is -2.35. The second kappa shape index (κ2) is 8.55. The third kappa shape index (κ3) is 4.43. The smallest absolute Gasteiger partial charge is 0.289 e. The van der Waals surface area contributed by atoms with Crippen molar-refractivity contribution in [3.63, 3.8) is 0 Å². The summed E-state index contributed by atoms with van der Waals surface area (Å²) in [5, 5.41) is 2.88. The molecular weight excluding hydrogens is 370 g/mol. The Kier molecular flexibility index (Phi) is 5.51. The molecule has 2 amide bonds. The number of nitrogens with zero attached hydrogens (tertiary/aromatic N) is 4. The van der Waals surface area contributed by atoms with Crippen LogP contribution in [0.1, 0.15) is 26.5 Å². The first kappa shape index (κ1) is 18.7. The SMILES string of the molecule is O=C(NCc1cccnc1)c1cncc(N2CCN(C(=O)c3ccco3)CC2)c1. The molecule has 1 N–H and O–H groups in total. The average molecular weight is 391 g/mol. The number of aromatic nitrogens is 2. The zero-order chi connectivity index (χ0) is 20.1. The number of carbonyl (C=O) groups excluding carboxylic acids is 2. The van der Waals surface area contributed by atoms with Crippen LogP contribution in [-0.4, -0.2) is 52.9 Å². The lowest BCUT2D eigenvalue weighted by atomic mass is 10.2. The lowest BCUT2D eigenvalue weighted by molar-refractivity contribution is 0.0714. The second-order valence-corrected chi connectivity index (χ2v) is 6.73. The minimum absolute atomic E-state index is 0.101. The highest BCUT2D eigenvalue weighted by Gasteiger charge is 2.24. The van der Waals surface area contributed by atoms with Crippen molar-refractivity contribution in [1.82, 2.24) is 20.2 Å². The third-order valence-corrected chi connectivity index (χ3v) is 4.83. The number of piperazine rings is 1. The van der Waals surface area contributed by atoms with E-state index in [2.05, 4.69) is 20.2 Å². The Labute approximate surface area is 168 Å². The van der Waals surface area contributed by atoms with Crippen LogP contribution in [0.3, 0.4) is 0 Å². The van der Waals surface area contributed by atoms with Crippen molar-refractivity contribution in [3.8, 4) is 0 Å². The Bertz CT molecular complexity index is 967. The molecule has 4 rings (SSSR count). The molecule has 8 nitrogen and oxygen atoms in total. The van der Waals surface area contributed by atoms with Crippen LogP contribution in [0, 0.1) is 0 Å². The number of carbonyl (C=O) groups is 2. The van der Waals surface area contributed by atoms with E-state index < -0.39 is 0 Å². The van der Waals surface area contributed by atoms with E-state index in [1.54, 1.807) is 41.8 Å². The molecule has 3 aromatic heterocycles. The minimum atomic E-state index is -0.185. The summed E-state index contributed by atoms with van der Waals surface area (Å²) >= 11 is 0. The first-order valence-electron chi connectivity index (χ1n) is 9.40. The molecule has 1 saturated heterocycles. The van der Waals surface area contributed by atoms with Gasteiger partial charge in [-0.15, -0.1) is 0 Å². The van der Waals surface area contributed by atoms with Crippen molar-refractivity contribution in [2.75, 3.05) is 31.1 Å². The van der Waals surface area contributed by atoms with Crippen LogP contribution >= 0.6 is 0 Å². The van der Waals surface area contributed by atoms with Crippen molar-refractivity contribution in [2.24, 2.45) is 0 Å². The van der Waals surface area contributed by atoms with Gasteiger partial charge in [0.2, 0.25) is 0 Å². The lowest BCUT2D eigenvalue weighted by Crippen LogP contribution is -2.48. The van der Waals surface area contributed by atoms with Crippen molar-refractivity contribution in [2.45, 2.75) is 6.54 Å². The van der Waals surface area contributed by atoms with E-state index in [1.807, 2.05) is 18.2 Å². The number of amides is 2. The molecule has 8 heteroatoms. The second-order valence-electron chi connectivity index (χ2n) is 6.73. The minimum Gasteiger partial charge on any atom is -0.459 e. The highest BCUT2D eigenvalue weighted by Crippen LogP contribution is 2.18. The van der Waals surface area contributed by atoms with Crippen LogP contribution in [0.15, 0.2) is 65.8 Å². The van der Waals surface area contributed by atoms with Gasteiger partial charge in [-0.1, -0.05) is 6.07 Å². The quantitative estimate of drug-likeness (QED) is 0.715. The van der Waals surface area contributed by atoms with E-state index in [1.165, 1.54) is 6.26 Å². The van der Waals surface area contributed by atoms with Gasteiger partial charge in [-0.3, -0.25) is 19.6 Å². The highest BCUT2D eigenvalue weighted by molar-refractivity contribution is 5.94. The zero-order valence-corrected chi connectivity index (χ0v) is 15.8. The first-order chi connectivity index (χ1) is 14.2. The monoisotopic (exact) mass is 391 g/mol. The summed E-state index contributed by atoms with van der Waals surface area (Å²) in [5.74, 6) is 0.0681. The molecule has 0 radical (unpaired) electrons. The van der Waals surface area contributed by atoms with Crippen LogP contribution in [0.2, 0.25) is 0 Å². The molecule has 1 fully saturated rings. The van der Waals surface area contributed by atoms with Gasteiger partial charge in [0.05, 0.1) is 23.7 Å². The van der Waals surface area contributed by atoms with Crippen molar-refractivity contribution >= 4 is 17.5 Å². The molecule has 0 saturated carbocycles.